The molecule has 12 heterocycles. The Labute approximate surface area is 454 Å². The second-order valence-electron chi connectivity index (χ2n) is 16.9. The number of aryl methyl sites for hydroxylation is 6. The molecule has 0 spiro atoms. The molecule has 16 heteroatoms. The van der Waals surface area contributed by atoms with Crippen LogP contribution in [0, 0.1) is 41.5 Å². The quantitative estimate of drug-likeness (QED) is 0.152. The standard InChI is InChI=1S/3C11H10N2.2C10H9N3.C9H8N4/c1-9-7-10(4-6-13-9)11-3-2-5-12-8-11;1-9-4-6-13-11(7-9)10-3-2-5-12-8-10;1-9-5-11(8-13-6-9)10-3-2-4-12-7-10;1-8-5-7-12-10(13-8)9-4-2-3-6-11-9;1-8-6-11-7-10(13-8)9-4-2-3-5-12-9;1-7-11-6-12-9(13-7)8-4-2-3-5-10-8/h3*2-8H,1H3;2*2-7H,1H3;2-6H,1H3. The van der Waals surface area contributed by atoms with E-state index in [0.717, 1.165) is 67.8 Å². The first-order valence-electron chi connectivity index (χ1n) is 24.6. The SMILES string of the molecule is Cc1cc(-c2cccnc2)ccn1.Cc1ccnc(-c2ccccn2)n1.Cc1ccnc(-c2cccnc2)c1.Cc1cncc(-c2ccccn2)n1.Cc1cncc(-c2cccnc2)c1.Cc1ncnc(-c2ccccn2)n1. The van der Waals surface area contributed by atoms with E-state index in [9.17, 15) is 0 Å². The minimum atomic E-state index is 0.619. The van der Waals surface area contributed by atoms with Crippen molar-refractivity contribution in [3.63, 3.8) is 0 Å². The maximum atomic E-state index is 4.32. The zero-order valence-electron chi connectivity index (χ0n) is 44.1. The lowest BCUT2D eigenvalue weighted by Crippen LogP contribution is -1.95. The van der Waals surface area contributed by atoms with Gasteiger partial charge in [-0.15, -0.1) is 0 Å². The minimum Gasteiger partial charge on any atom is -0.264 e. The van der Waals surface area contributed by atoms with E-state index in [2.05, 4.69) is 105 Å². The van der Waals surface area contributed by atoms with E-state index in [0.29, 0.717) is 17.5 Å². The van der Waals surface area contributed by atoms with Gasteiger partial charge >= 0.3 is 0 Å². The van der Waals surface area contributed by atoms with Gasteiger partial charge in [0.05, 0.1) is 23.3 Å². The third-order valence-electron chi connectivity index (χ3n) is 10.6. The van der Waals surface area contributed by atoms with Crippen LogP contribution in [0.5, 0.6) is 0 Å². The highest BCUT2D eigenvalue weighted by Gasteiger charge is 2.03. The molecule has 0 unspecified atom stereocenters. The molecule has 12 aromatic heterocycles. The third-order valence-corrected chi connectivity index (χ3v) is 10.6. The van der Waals surface area contributed by atoms with Crippen LogP contribution in [0.4, 0.5) is 0 Å². The lowest BCUT2D eigenvalue weighted by molar-refractivity contribution is 0.974. The molecule has 12 rings (SSSR count). The van der Waals surface area contributed by atoms with Crippen molar-refractivity contribution < 1.29 is 0 Å². The summed E-state index contributed by atoms with van der Waals surface area (Å²) in [5.41, 5.74) is 15.1. The van der Waals surface area contributed by atoms with Gasteiger partial charge in [-0.3, -0.25) is 49.8 Å². The molecule has 0 aliphatic rings. The monoisotopic (exact) mass is 1020 g/mol. The van der Waals surface area contributed by atoms with E-state index in [1.54, 1.807) is 55.8 Å². The van der Waals surface area contributed by atoms with Gasteiger partial charge in [0, 0.05) is 127 Å². The summed E-state index contributed by atoms with van der Waals surface area (Å²) in [5.74, 6) is 2.00. The number of hydrogen-bond donors (Lipinski definition) is 0. The second-order valence-corrected chi connectivity index (χ2v) is 16.9. The van der Waals surface area contributed by atoms with Crippen LogP contribution in [-0.4, -0.2) is 79.7 Å². The van der Waals surface area contributed by atoms with E-state index in [-0.39, 0.29) is 0 Å². The predicted molar refractivity (Wildman–Crippen MR) is 304 cm³/mol. The number of hydrogen-bond acceptors (Lipinski definition) is 16. The van der Waals surface area contributed by atoms with Gasteiger partial charge in [-0.1, -0.05) is 30.3 Å². The molecule has 0 aliphatic carbocycles. The van der Waals surface area contributed by atoms with Gasteiger partial charge in [0.1, 0.15) is 29.2 Å². The molecule has 384 valence electrons. The highest BCUT2D eigenvalue weighted by Crippen LogP contribution is 2.19. The van der Waals surface area contributed by atoms with Crippen LogP contribution in [-0.2, 0) is 0 Å². The summed E-state index contributed by atoms with van der Waals surface area (Å²) >= 11 is 0. The Morgan fingerprint density at radius 1 is 0.256 bits per heavy atom. The van der Waals surface area contributed by atoms with Gasteiger partial charge in [-0.25, -0.2) is 29.9 Å². The summed E-state index contributed by atoms with van der Waals surface area (Å²) in [6.45, 7) is 11.8. The molecule has 16 nitrogen and oxygen atoms in total. The van der Waals surface area contributed by atoms with E-state index in [4.69, 9.17) is 0 Å². The summed E-state index contributed by atoms with van der Waals surface area (Å²) in [5, 5.41) is 0. The first-order chi connectivity index (χ1) is 38.2. The van der Waals surface area contributed by atoms with Crippen molar-refractivity contribution in [2.75, 3.05) is 0 Å². The number of rotatable bonds is 6. The van der Waals surface area contributed by atoms with E-state index < -0.39 is 0 Å². The molecule has 12 aromatic rings. The zero-order chi connectivity index (χ0) is 54.6. The van der Waals surface area contributed by atoms with Crippen molar-refractivity contribution in [3.8, 4) is 67.9 Å². The highest BCUT2D eigenvalue weighted by atomic mass is 15.0. The Bertz CT molecular complexity index is 3010. The van der Waals surface area contributed by atoms with Crippen LogP contribution in [0.3, 0.4) is 0 Å². The Kier molecular flexibility index (Phi) is 21.3. The van der Waals surface area contributed by atoms with Crippen molar-refractivity contribution in [2.24, 2.45) is 0 Å². The smallest absolute Gasteiger partial charge is 0.181 e. The number of aromatic nitrogens is 16. The summed E-state index contributed by atoms with van der Waals surface area (Å²) in [6, 6.07) is 41.0. The van der Waals surface area contributed by atoms with Crippen molar-refractivity contribution in [1.29, 1.82) is 0 Å². The average Bonchev–Trinajstić information content (AvgIpc) is 3.49. The van der Waals surface area contributed by atoms with Gasteiger partial charge in [0.15, 0.2) is 11.6 Å². The van der Waals surface area contributed by atoms with E-state index >= 15 is 0 Å². The number of pyridine rings is 9. The van der Waals surface area contributed by atoms with Crippen LogP contribution in [0.25, 0.3) is 67.9 Å². The van der Waals surface area contributed by atoms with Gasteiger partial charge in [0.25, 0.3) is 0 Å². The molecule has 0 saturated carbocycles. The molecule has 0 radical (unpaired) electrons. The second kappa shape index (κ2) is 30.0. The molecular formula is C62H56N16. The van der Waals surface area contributed by atoms with Crippen LogP contribution in [0.1, 0.15) is 34.0 Å². The molecule has 0 bridgehead atoms. The maximum absolute atomic E-state index is 4.32. The molecule has 0 amide bonds. The van der Waals surface area contributed by atoms with Crippen LogP contribution < -0.4 is 0 Å². The van der Waals surface area contributed by atoms with Crippen molar-refractivity contribution in [1.82, 2.24) is 79.7 Å². The topological polar surface area (TPSA) is 206 Å². The molecule has 0 fully saturated rings. The molecule has 0 atom stereocenters. The fraction of sp³-hybridized carbons (Fsp3) is 0.0968. The largest absolute Gasteiger partial charge is 0.264 e. The molecule has 78 heavy (non-hydrogen) atoms. The Morgan fingerprint density at radius 3 is 1.37 bits per heavy atom. The van der Waals surface area contributed by atoms with Crippen molar-refractivity contribution in [2.45, 2.75) is 41.5 Å². The molecule has 0 aliphatic heterocycles. The predicted octanol–water partition coefficient (Wildman–Crippen LogP) is 12.3. The van der Waals surface area contributed by atoms with E-state index in [1.165, 1.54) is 23.0 Å². The zero-order valence-corrected chi connectivity index (χ0v) is 44.1. The summed E-state index contributed by atoms with van der Waals surface area (Å²) in [7, 11) is 0. The minimum absolute atomic E-state index is 0.619. The first kappa shape index (κ1) is 55.3. The molecule has 0 saturated heterocycles. The summed E-state index contributed by atoms with van der Waals surface area (Å²) in [6.07, 6.45) is 30.0. The van der Waals surface area contributed by atoms with Crippen LogP contribution in [0.2, 0.25) is 0 Å². The summed E-state index contributed by atoms with van der Waals surface area (Å²) < 4.78 is 0. The number of nitrogens with zero attached hydrogens (tertiary/aromatic N) is 16. The van der Waals surface area contributed by atoms with E-state index in [1.807, 2.05) is 187 Å². The fourth-order valence-electron chi connectivity index (χ4n) is 6.88. The Balaban J connectivity index is 0.000000136. The maximum Gasteiger partial charge on any atom is 0.181 e. The third kappa shape index (κ3) is 18.5. The van der Waals surface area contributed by atoms with Gasteiger partial charge in [-0.2, -0.15) is 0 Å². The van der Waals surface area contributed by atoms with Gasteiger partial charge in [0.2, 0.25) is 0 Å². The molecule has 0 N–H and O–H groups in total. The normalized spacial score (nSPS) is 9.92. The Morgan fingerprint density at radius 2 is 0.821 bits per heavy atom. The lowest BCUT2D eigenvalue weighted by atomic mass is 10.1. The fourth-order valence-corrected chi connectivity index (χ4v) is 6.88. The molecule has 0 aromatic carbocycles. The molecular weight excluding hydrogens is 969 g/mol. The van der Waals surface area contributed by atoms with Crippen molar-refractivity contribution >= 4 is 0 Å². The first-order valence-corrected chi connectivity index (χ1v) is 24.6. The highest BCUT2D eigenvalue weighted by molar-refractivity contribution is 5.63. The van der Waals surface area contributed by atoms with Crippen molar-refractivity contribution in [3.05, 3.63) is 267 Å². The summed E-state index contributed by atoms with van der Waals surface area (Å²) in [4.78, 5) is 66.1. The van der Waals surface area contributed by atoms with Crippen LogP contribution >= 0.6 is 0 Å². The van der Waals surface area contributed by atoms with Crippen LogP contribution in [0.15, 0.2) is 233 Å². The lowest BCUT2D eigenvalue weighted by Gasteiger charge is -2.00. The van der Waals surface area contributed by atoms with Gasteiger partial charge in [-0.05, 0) is 155 Å². The Hall–Kier alpha value is -10.5. The van der Waals surface area contributed by atoms with Gasteiger partial charge < -0.3 is 0 Å². The average molecular weight is 1030 g/mol.